The molecule has 21 heavy (non-hydrogen) atoms. The number of nitrogens with zero attached hydrogens (tertiary/aromatic N) is 3. The summed E-state index contributed by atoms with van der Waals surface area (Å²) in [5.41, 5.74) is 3.57. The predicted molar refractivity (Wildman–Crippen MR) is 88.9 cm³/mol. The maximum absolute atomic E-state index is 4.68. The maximum atomic E-state index is 4.68. The van der Waals surface area contributed by atoms with Crippen molar-refractivity contribution in [3.05, 3.63) is 33.5 Å². The lowest BCUT2D eigenvalue weighted by Gasteiger charge is -2.18. The van der Waals surface area contributed by atoms with Crippen molar-refractivity contribution in [1.82, 2.24) is 20.1 Å². The van der Waals surface area contributed by atoms with Crippen LogP contribution >= 0.6 is 11.3 Å². The Labute approximate surface area is 131 Å². The molecular formula is C16H26N4S. The molecule has 4 nitrogen and oxygen atoms in total. The predicted octanol–water partition coefficient (Wildman–Crippen LogP) is 3.51. The van der Waals surface area contributed by atoms with E-state index in [0.29, 0.717) is 6.04 Å². The first-order valence-electron chi connectivity index (χ1n) is 7.88. The summed E-state index contributed by atoms with van der Waals surface area (Å²) < 4.78 is 2.13. The Morgan fingerprint density at radius 3 is 2.71 bits per heavy atom. The fourth-order valence-electron chi connectivity index (χ4n) is 2.46. The van der Waals surface area contributed by atoms with Gasteiger partial charge in [-0.1, -0.05) is 13.8 Å². The van der Waals surface area contributed by atoms with E-state index in [4.69, 9.17) is 0 Å². The van der Waals surface area contributed by atoms with Crippen LogP contribution in [0.3, 0.4) is 0 Å². The minimum Gasteiger partial charge on any atom is -0.308 e. The SMILES string of the molecule is CCCNC(Cc1nc(C)cs1)c1cc(CC)nn1CC. The van der Waals surface area contributed by atoms with Crippen molar-refractivity contribution < 1.29 is 0 Å². The zero-order chi connectivity index (χ0) is 15.2. The molecule has 0 radical (unpaired) electrons. The molecule has 0 aliphatic heterocycles. The van der Waals surface area contributed by atoms with Crippen molar-refractivity contribution in [3.8, 4) is 0 Å². The van der Waals surface area contributed by atoms with Gasteiger partial charge in [0.05, 0.1) is 22.4 Å². The summed E-state index contributed by atoms with van der Waals surface area (Å²) in [5, 5.41) is 11.7. The highest BCUT2D eigenvalue weighted by atomic mass is 32.1. The van der Waals surface area contributed by atoms with Crippen molar-refractivity contribution in [2.45, 2.75) is 59.5 Å². The van der Waals surface area contributed by atoms with Gasteiger partial charge in [-0.2, -0.15) is 5.10 Å². The van der Waals surface area contributed by atoms with Crippen molar-refractivity contribution in [1.29, 1.82) is 0 Å². The molecule has 0 aliphatic rings. The number of nitrogens with one attached hydrogen (secondary N) is 1. The molecule has 0 aliphatic carbocycles. The third-order valence-corrected chi connectivity index (χ3v) is 4.56. The van der Waals surface area contributed by atoms with Gasteiger partial charge in [0.25, 0.3) is 0 Å². The molecule has 2 aromatic heterocycles. The van der Waals surface area contributed by atoms with Crippen molar-refractivity contribution in [2.24, 2.45) is 0 Å². The number of aromatic nitrogens is 3. The Morgan fingerprint density at radius 1 is 1.33 bits per heavy atom. The molecule has 5 heteroatoms. The minimum atomic E-state index is 0.295. The lowest BCUT2D eigenvalue weighted by molar-refractivity contribution is 0.477. The van der Waals surface area contributed by atoms with Gasteiger partial charge in [0.15, 0.2) is 0 Å². The maximum Gasteiger partial charge on any atom is 0.0947 e. The van der Waals surface area contributed by atoms with Gasteiger partial charge in [0, 0.05) is 24.0 Å². The van der Waals surface area contributed by atoms with Crippen LogP contribution in [-0.4, -0.2) is 21.3 Å². The lowest BCUT2D eigenvalue weighted by atomic mass is 10.1. The lowest BCUT2D eigenvalue weighted by Crippen LogP contribution is -2.26. The van der Waals surface area contributed by atoms with Gasteiger partial charge in [0.2, 0.25) is 0 Å². The number of aryl methyl sites for hydroxylation is 3. The summed E-state index contributed by atoms with van der Waals surface area (Å²) in [6, 6.07) is 2.54. The minimum absolute atomic E-state index is 0.295. The largest absolute Gasteiger partial charge is 0.308 e. The van der Waals surface area contributed by atoms with E-state index in [1.54, 1.807) is 11.3 Å². The third-order valence-electron chi connectivity index (χ3n) is 3.57. The van der Waals surface area contributed by atoms with Gasteiger partial charge in [-0.15, -0.1) is 11.3 Å². The molecule has 0 aromatic carbocycles. The van der Waals surface area contributed by atoms with Gasteiger partial charge in [-0.25, -0.2) is 4.98 Å². The fraction of sp³-hybridized carbons (Fsp3) is 0.625. The summed E-state index contributed by atoms with van der Waals surface area (Å²) >= 11 is 1.75. The normalized spacial score (nSPS) is 12.8. The third kappa shape index (κ3) is 4.14. The van der Waals surface area contributed by atoms with Crippen LogP contribution in [0.2, 0.25) is 0 Å². The summed E-state index contributed by atoms with van der Waals surface area (Å²) in [7, 11) is 0. The monoisotopic (exact) mass is 306 g/mol. The van der Waals surface area contributed by atoms with E-state index < -0.39 is 0 Å². The highest BCUT2D eigenvalue weighted by Gasteiger charge is 2.19. The first kappa shape index (κ1) is 16.2. The summed E-state index contributed by atoms with van der Waals surface area (Å²) in [4.78, 5) is 4.62. The zero-order valence-corrected chi connectivity index (χ0v) is 14.3. The molecule has 1 unspecified atom stereocenters. The molecule has 0 saturated heterocycles. The molecule has 116 valence electrons. The van der Waals surface area contributed by atoms with Crippen molar-refractivity contribution >= 4 is 11.3 Å². The van der Waals surface area contributed by atoms with Crippen molar-refractivity contribution in [3.63, 3.8) is 0 Å². The highest BCUT2D eigenvalue weighted by molar-refractivity contribution is 7.09. The van der Waals surface area contributed by atoms with E-state index in [1.165, 1.54) is 16.4 Å². The van der Waals surface area contributed by atoms with Gasteiger partial charge in [-0.3, -0.25) is 4.68 Å². The van der Waals surface area contributed by atoms with E-state index in [1.807, 2.05) is 0 Å². The molecular weight excluding hydrogens is 280 g/mol. The van der Waals surface area contributed by atoms with Gasteiger partial charge < -0.3 is 5.32 Å². The second kappa shape index (κ2) is 7.71. The smallest absolute Gasteiger partial charge is 0.0947 e. The topological polar surface area (TPSA) is 42.7 Å². The Bertz CT molecular complexity index is 558. The number of hydrogen-bond acceptors (Lipinski definition) is 4. The number of hydrogen-bond donors (Lipinski definition) is 1. The quantitative estimate of drug-likeness (QED) is 0.811. The fourth-order valence-corrected chi connectivity index (χ4v) is 3.28. The molecule has 0 fully saturated rings. The van der Waals surface area contributed by atoms with Crippen LogP contribution in [0.15, 0.2) is 11.4 Å². The van der Waals surface area contributed by atoms with Gasteiger partial charge in [0.1, 0.15) is 0 Å². The summed E-state index contributed by atoms with van der Waals surface area (Å²) in [5.74, 6) is 0. The van der Waals surface area contributed by atoms with Crippen LogP contribution in [0.1, 0.15) is 55.3 Å². The Kier molecular flexibility index (Phi) is 5.94. The first-order valence-corrected chi connectivity index (χ1v) is 8.76. The summed E-state index contributed by atoms with van der Waals surface area (Å²) in [6.07, 6.45) is 3.05. The molecule has 2 aromatic rings. The van der Waals surface area contributed by atoms with Crippen LogP contribution in [0.5, 0.6) is 0 Å². The second-order valence-corrected chi connectivity index (χ2v) is 6.27. The van der Waals surface area contributed by atoms with Gasteiger partial charge in [-0.05, 0) is 39.3 Å². The second-order valence-electron chi connectivity index (χ2n) is 5.32. The van der Waals surface area contributed by atoms with Crippen LogP contribution in [0.25, 0.3) is 0 Å². The van der Waals surface area contributed by atoms with Crippen LogP contribution in [-0.2, 0) is 19.4 Å². The Morgan fingerprint density at radius 2 is 2.14 bits per heavy atom. The van der Waals surface area contributed by atoms with E-state index in [0.717, 1.165) is 38.0 Å². The molecule has 0 spiro atoms. The average molecular weight is 306 g/mol. The molecule has 2 heterocycles. The molecule has 1 atom stereocenters. The van der Waals surface area contributed by atoms with E-state index in [9.17, 15) is 0 Å². The Balaban J connectivity index is 2.23. The Hall–Kier alpha value is -1.20. The number of rotatable bonds is 8. The molecule has 0 saturated carbocycles. The van der Waals surface area contributed by atoms with Gasteiger partial charge >= 0.3 is 0 Å². The first-order chi connectivity index (χ1) is 10.2. The average Bonchev–Trinajstić information content (AvgIpc) is 3.09. The van der Waals surface area contributed by atoms with Crippen LogP contribution in [0.4, 0.5) is 0 Å². The molecule has 0 amide bonds. The van der Waals surface area contributed by atoms with Crippen LogP contribution < -0.4 is 5.32 Å². The molecule has 0 bridgehead atoms. The molecule has 1 N–H and O–H groups in total. The number of thiazole rings is 1. The molecule has 2 rings (SSSR count). The van der Waals surface area contributed by atoms with Crippen molar-refractivity contribution in [2.75, 3.05) is 6.54 Å². The standard InChI is InChI=1S/C16H26N4S/c1-5-8-17-14(10-16-18-12(4)11-21-16)15-9-13(6-2)19-20(15)7-3/h9,11,14,17H,5-8,10H2,1-4H3. The summed E-state index contributed by atoms with van der Waals surface area (Å²) in [6.45, 7) is 10.5. The van der Waals surface area contributed by atoms with Crippen LogP contribution in [0, 0.1) is 6.92 Å². The van der Waals surface area contributed by atoms with E-state index >= 15 is 0 Å². The zero-order valence-electron chi connectivity index (χ0n) is 13.5. The van der Waals surface area contributed by atoms with E-state index in [-0.39, 0.29) is 0 Å². The highest BCUT2D eigenvalue weighted by Crippen LogP contribution is 2.22. The van der Waals surface area contributed by atoms with E-state index in [2.05, 4.69) is 59.2 Å².